The maximum Gasteiger partial charge on any atom is 0.0575 e. The summed E-state index contributed by atoms with van der Waals surface area (Å²) in [5, 5.41) is 0. The van der Waals surface area contributed by atoms with Gasteiger partial charge >= 0.3 is 0 Å². The molecule has 0 N–H and O–H groups in total. The lowest BCUT2D eigenvalue weighted by molar-refractivity contribution is -0.0919. The van der Waals surface area contributed by atoms with Crippen molar-refractivity contribution >= 4 is 0 Å². The maximum absolute atomic E-state index is 7.20. The van der Waals surface area contributed by atoms with Crippen LogP contribution < -0.4 is 0 Å². The third-order valence-corrected chi connectivity index (χ3v) is 13.0. The molecule has 2 unspecified atom stereocenters. The van der Waals surface area contributed by atoms with E-state index in [0.717, 1.165) is 90.4 Å². The lowest BCUT2D eigenvalue weighted by Gasteiger charge is -2.43. The lowest BCUT2D eigenvalue weighted by Crippen LogP contribution is -2.41. The molecule has 0 saturated heterocycles. The highest BCUT2D eigenvalue weighted by molar-refractivity contribution is 4.93. The average molecular weight is 663 g/mol. The Labute approximate surface area is 291 Å². The molecule has 0 amide bonds. The van der Waals surface area contributed by atoms with E-state index in [2.05, 4.69) is 13.8 Å². The Bertz CT molecular complexity index is 690. The highest BCUT2D eigenvalue weighted by Crippen LogP contribution is 2.48. The minimum absolute atomic E-state index is 0.151. The molecule has 0 aromatic heterocycles. The molecule has 4 aliphatic carbocycles. The van der Waals surface area contributed by atoms with Crippen molar-refractivity contribution in [3.05, 3.63) is 0 Å². The van der Waals surface area contributed by atoms with E-state index in [0.29, 0.717) is 12.2 Å². The molecule has 2 atom stereocenters. The molecule has 5 heteroatoms. The Kier molecular flexibility index (Phi) is 19.6. The van der Waals surface area contributed by atoms with Gasteiger partial charge in [0.05, 0.1) is 25.4 Å². The van der Waals surface area contributed by atoms with Crippen molar-refractivity contribution in [1.29, 1.82) is 0 Å². The number of unbranched alkanes of at least 4 members (excludes halogenated alkanes) is 4. The molecule has 4 fully saturated rings. The maximum atomic E-state index is 7.20. The molecule has 5 nitrogen and oxygen atoms in total. The van der Waals surface area contributed by atoms with Crippen LogP contribution in [0.2, 0.25) is 0 Å². The van der Waals surface area contributed by atoms with E-state index in [9.17, 15) is 0 Å². The predicted octanol–water partition coefficient (Wildman–Crippen LogP) is 11.2. The monoisotopic (exact) mass is 663 g/mol. The van der Waals surface area contributed by atoms with Crippen LogP contribution in [0.5, 0.6) is 0 Å². The molecule has 0 aromatic rings. The Balaban J connectivity index is 1.44. The lowest BCUT2D eigenvalue weighted by atomic mass is 9.69. The summed E-state index contributed by atoms with van der Waals surface area (Å²) in [4.78, 5) is 0. The zero-order valence-electron chi connectivity index (χ0n) is 31.4. The van der Waals surface area contributed by atoms with Gasteiger partial charge in [0.15, 0.2) is 0 Å². The van der Waals surface area contributed by atoms with Gasteiger partial charge in [0.1, 0.15) is 0 Å². The number of hydrogen-bond donors (Lipinski definition) is 0. The van der Waals surface area contributed by atoms with Gasteiger partial charge in [0.25, 0.3) is 0 Å². The average Bonchev–Trinajstić information content (AvgIpc) is 3.93. The zero-order chi connectivity index (χ0) is 32.9. The zero-order valence-corrected chi connectivity index (χ0v) is 31.4. The van der Waals surface area contributed by atoms with Gasteiger partial charge in [-0.15, -0.1) is 0 Å². The Hall–Kier alpha value is -0.200. The van der Waals surface area contributed by atoms with Gasteiger partial charge in [-0.1, -0.05) is 90.9 Å². The highest BCUT2D eigenvalue weighted by Gasteiger charge is 2.44. The summed E-state index contributed by atoms with van der Waals surface area (Å²) < 4.78 is 33.0. The summed E-state index contributed by atoms with van der Waals surface area (Å²) in [7, 11) is 0. The molecular weight excluding hydrogens is 584 g/mol. The van der Waals surface area contributed by atoms with Crippen LogP contribution in [0, 0.1) is 22.7 Å². The van der Waals surface area contributed by atoms with Crippen LogP contribution in [0.3, 0.4) is 0 Å². The number of hydrogen-bond acceptors (Lipinski definition) is 5. The van der Waals surface area contributed by atoms with Crippen LogP contribution in [0.25, 0.3) is 0 Å². The second kappa shape index (κ2) is 23.3. The first kappa shape index (κ1) is 39.6. The first-order valence-electron chi connectivity index (χ1n) is 21.2. The van der Waals surface area contributed by atoms with Crippen LogP contribution in [0.15, 0.2) is 0 Å². The fourth-order valence-corrected chi connectivity index (χ4v) is 9.76. The second-order valence-electron chi connectivity index (χ2n) is 16.4. The van der Waals surface area contributed by atoms with Gasteiger partial charge in [-0.2, -0.15) is 0 Å². The van der Waals surface area contributed by atoms with Crippen LogP contribution in [0.1, 0.15) is 181 Å². The topological polar surface area (TPSA) is 46.2 Å². The van der Waals surface area contributed by atoms with Crippen LogP contribution in [0.4, 0.5) is 0 Å². The largest absolute Gasteiger partial charge is 0.381 e. The van der Waals surface area contributed by atoms with Crippen molar-refractivity contribution in [1.82, 2.24) is 0 Å². The van der Waals surface area contributed by atoms with Gasteiger partial charge in [0.2, 0.25) is 0 Å². The fraction of sp³-hybridized carbons (Fsp3) is 1.00. The van der Waals surface area contributed by atoms with Crippen molar-refractivity contribution < 1.29 is 23.7 Å². The highest BCUT2D eigenvalue weighted by atomic mass is 16.5. The molecule has 47 heavy (non-hydrogen) atoms. The minimum Gasteiger partial charge on any atom is -0.381 e. The molecule has 0 radical (unpaired) electrons. The Morgan fingerprint density at radius 2 is 0.766 bits per heavy atom. The molecule has 4 rings (SSSR count). The summed E-state index contributed by atoms with van der Waals surface area (Å²) in [6, 6.07) is 0. The molecule has 4 saturated carbocycles. The van der Waals surface area contributed by atoms with E-state index in [1.807, 2.05) is 0 Å². The number of ether oxygens (including phenoxy) is 5. The Morgan fingerprint density at radius 1 is 0.404 bits per heavy atom. The van der Waals surface area contributed by atoms with Gasteiger partial charge in [-0.05, 0) is 102 Å². The van der Waals surface area contributed by atoms with E-state index in [4.69, 9.17) is 23.7 Å². The summed E-state index contributed by atoms with van der Waals surface area (Å²) in [6.07, 6.45) is 34.0. The van der Waals surface area contributed by atoms with Gasteiger partial charge in [0, 0.05) is 50.5 Å². The van der Waals surface area contributed by atoms with Gasteiger partial charge < -0.3 is 23.7 Å². The normalized spacial score (nSPS) is 22.9. The summed E-state index contributed by atoms with van der Waals surface area (Å²) >= 11 is 0. The molecule has 276 valence electrons. The molecule has 0 bridgehead atoms. The van der Waals surface area contributed by atoms with Gasteiger partial charge in [-0.25, -0.2) is 0 Å². The van der Waals surface area contributed by atoms with E-state index < -0.39 is 0 Å². The smallest absolute Gasteiger partial charge is 0.0575 e. The summed E-state index contributed by atoms with van der Waals surface area (Å²) in [6.45, 7) is 11.6. The second-order valence-corrected chi connectivity index (χ2v) is 16.4. The first-order chi connectivity index (χ1) is 23.2. The van der Waals surface area contributed by atoms with Crippen LogP contribution >= 0.6 is 0 Å². The number of rotatable bonds is 28. The van der Waals surface area contributed by atoms with Crippen LogP contribution in [-0.2, 0) is 23.7 Å². The summed E-state index contributed by atoms with van der Waals surface area (Å²) in [5.74, 6) is 1.45. The van der Waals surface area contributed by atoms with E-state index in [1.165, 1.54) is 141 Å². The first-order valence-corrected chi connectivity index (χ1v) is 21.2. The SMILES string of the molecule is CCCCCOCCC(CCOC1CCCC1)(COCC(CCOCCCCC)(CCOC1CCCC1)C1CCCC1)C1CCCC1. The predicted molar refractivity (Wildman–Crippen MR) is 195 cm³/mol. The van der Waals surface area contributed by atoms with Crippen molar-refractivity contribution in [3.8, 4) is 0 Å². The molecule has 0 heterocycles. The molecule has 4 aliphatic rings. The standard InChI is InChI=1S/C42H78O5/c1-3-5-15-29-43-31-25-41(37-17-7-8-18-37,27-33-46-39-21-11-12-22-39)35-45-36-42(38-19-9-10-20-38,26-32-44-30-16-6-4-2)28-34-47-40-23-13-14-24-40/h37-40H,3-36H2,1-2H3. The van der Waals surface area contributed by atoms with Gasteiger partial charge in [-0.3, -0.25) is 0 Å². The summed E-state index contributed by atoms with van der Waals surface area (Å²) in [5.41, 5.74) is 0.302. The van der Waals surface area contributed by atoms with Crippen molar-refractivity contribution in [2.75, 3.05) is 52.9 Å². The van der Waals surface area contributed by atoms with Crippen molar-refractivity contribution in [3.63, 3.8) is 0 Å². The molecular formula is C42H78O5. The fourth-order valence-electron chi connectivity index (χ4n) is 9.76. The molecule has 0 aliphatic heterocycles. The van der Waals surface area contributed by atoms with Crippen molar-refractivity contribution in [2.24, 2.45) is 22.7 Å². The minimum atomic E-state index is 0.151. The third-order valence-electron chi connectivity index (χ3n) is 13.0. The van der Waals surface area contributed by atoms with E-state index in [-0.39, 0.29) is 10.8 Å². The third kappa shape index (κ3) is 13.8. The van der Waals surface area contributed by atoms with E-state index >= 15 is 0 Å². The molecule has 0 spiro atoms. The molecule has 0 aromatic carbocycles. The Morgan fingerprint density at radius 3 is 1.15 bits per heavy atom. The quantitative estimate of drug-likeness (QED) is 0.0780. The van der Waals surface area contributed by atoms with Crippen molar-refractivity contribution in [2.45, 2.75) is 193 Å². The van der Waals surface area contributed by atoms with E-state index in [1.54, 1.807) is 0 Å². The van der Waals surface area contributed by atoms with Crippen LogP contribution in [-0.4, -0.2) is 65.1 Å².